The molecule has 2 saturated heterocycles. The van der Waals surface area contributed by atoms with E-state index in [-0.39, 0.29) is 29.8 Å². The van der Waals surface area contributed by atoms with Crippen LogP contribution in [0.4, 0.5) is 0 Å². The van der Waals surface area contributed by atoms with Gasteiger partial charge in [-0.15, -0.1) is 0 Å². The van der Waals surface area contributed by atoms with Crippen LogP contribution in [0.25, 0.3) is 0 Å². The van der Waals surface area contributed by atoms with Gasteiger partial charge in [-0.05, 0) is 44.6 Å². The fourth-order valence-electron chi connectivity index (χ4n) is 4.60. The van der Waals surface area contributed by atoms with Crippen LogP contribution in [0.5, 0.6) is 0 Å². The smallest absolute Gasteiger partial charge is 0.228 e. The Kier molecular flexibility index (Phi) is 4.08. The van der Waals surface area contributed by atoms with E-state index in [1.165, 1.54) is 0 Å². The van der Waals surface area contributed by atoms with Gasteiger partial charge in [0.25, 0.3) is 0 Å². The first-order valence-corrected chi connectivity index (χ1v) is 9.58. The molecule has 1 aromatic rings. The lowest BCUT2D eigenvalue weighted by Crippen LogP contribution is -2.51. The van der Waals surface area contributed by atoms with Crippen LogP contribution in [-0.2, 0) is 16.6 Å². The molecule has 1 aliphatic carbocycles. The molecule has 3 fully saturated rings. The standard InChI is InChI=1S/C19H28N4O2/c1-12-9-11-22(13(12)2)19(25)15-6-7-17(24)23(14-4-5-14)18(15)16-8-10-20-21(16)3/h8,10,12-15,18H,4-7,9,11H2,1-3H3. The molecule has 3 aliphatic rings. The quantitative estimate of drug-likeness (QED) is 0.844. The van der Waals surface area contributed by atoms with E-state index in [1.807, 2.05) is 22.7 Å². The van der Waals surface area contributed by atoms with E-state index in [0.717, 1.165) is 31.5 Å². The zero-order valence-electron chi connectivity index (χ0n) is 15.4. The first kappa shape index (κ1) is 16.6. The molecule has 25 heavy (non-hydrogen) atoms. The summed E-state index contributed by atoms with van der Waals surface area (Å²) >= 11 is 0. The summed E-state index contributed by atoms with van der Waals surface area (Å²) in [6.45, 7) is 5.21. The van der Waals surface area contributed by atoms with Crippen molar-refractivity contribution in [3.05, 3.63) is 18.0 Å². The normalized spacial score (nSPS) is 33.2. The summed E-state index contributed by atoms with van der Waals surface area (Å²) in [4.78, 5) is 30.2. The van der Waals surface area contributed by atoms with E-state index >= 15 is 0 Å². The van der Waals surface area contributed by atoms with Crippen LogP contribution < -0.4 is 0 Å². The highest BCUT2D eigenvalue weighted by Gasteiger charge is 2.49. The molecule has 0 radical (unpaired) electrons. The molecule has 0 aromatic carbocycles. The molecule has 4 rings (SSSR count). The Hall–Kier alpha value is -1.85. The van der Waals surface area contributed by atoms with Crippen molar-refractivity contribution in [1.29, 1.82) is 0 Å². The van der Waals surface area contributed by atoms with E-state index < -0.39 is 0 Å². The first-order valence-electron chi connectivity index (χ1n) is 9.58. The molecule has 6 nitrogen and oxygen atoms in total. The Balaban J connectivity index is 1.68. The van der Waals surface area contributed by atoms with Crippen molar-refractivity contribution in [2.75, 3.05) is 6.54 Å². The Morgan fingerprint density at radius 2 is 1.96 bits per heavy atom. The molecule has 0 spiro atoms. The van der Waals surface area contributed by atoms with Gasteiger partial charge in [0.1, 0.15) is 0 Å². The van der Waals surface area contributed by atoms with Gasteiger partial charge in [0.15, 0.2) is 0 Å². The maximum absolute atomic E-state index is 13.4. The second-order valence-corrected chi connectivity index (χ2v) is 8.04. The number of carbonyl (C=O) groups excluding carboxylic acids is 2. The van der Waals surface area contributed by atoms with E-state index in [0.29, 0.717) is 24.8 Å². The minimum atomic E-state index is -0.170. The van der Waals surface area contributed by atoms with Crippen molar-refractivity contribution in [2.24, 2.45) is 18.9 Å². The Bertz CT molecular complexity index is 681. The van der Waals surface area contributed by atoms with Crippen LogP contribution in [0, 0.1) is 11.8 Å². The van der Waals surface area contributed by atoms with Crippen LogP contribution >= 0.6 is 0 Å². The van der Waals surface area contributed by atoms with Crippen LogP contribution in [0.15, 0.2) is 12.3 Å². The number of aryl methyl sites for hydroxylation is 1. The molecule has 1 saturated carbocycles. The van der Waals surface area contributed by atoms with E-state index in [4.69, 9.17) is 0 Å². The van der Waals surface area contributed by atoms with Gasteiger partial charge in [0, 0.05) is 38.3 Å². The van der Waals surface area contributed by atoms with E-state index in [1.54, 1.807) is 6.20 Å². The number of likely N-dealkylation sites (tertiary alicyclic amines) is 2. The maximum Gasteiger partial charge on any atom is 0.228 e. The molecule has 6 heteroatoms. The molecule has 4 unspecified atom stereocenters. The summed E-state index contributed by atoms with van der Waals surface area (Å²) in [5, 5.41) is 4.30. The lowest BCUT2D eigenvalue weighted by atomic mass is 9.85. The third-order valence-corrected chi connectivity index (χ3v) is 6.48. The monoisotopic (exact) mass is 344 g/mol. The molecule has 3 heterocycles. The fraction of sp³-hybridized carbons (Fsp3) is 0.737. The van der Waals surface area contributed by atoms with Crippen molar-refractivity contribution < 1.29 is 9.59 Å². The highest BCUT2D eigenvalue weighted by molar-refractivity contribution is 5.85. The van der Waals surface area contributed by atoms with Gasteiger partial charge in [-0.2, -0.15) is 5.10 Å². The third kappa shape index (κ3) is 2.75. The molecule has 0 N–H and O–H groups in total. The number of rotatable bonds is 3. The summed E-state index contributed by atoms with van der Waals surface area (Å²) in [6, 6.07) is 2.39. The van der Waals surface area contributed by atoms with Crippen molar-refractivity contribution >= 4 is 11.8 Å². The van der Waals surface area contributed by atoms with Crippen molar-refractivity contribution in [3.63, 3.8) is 0 Å². The second-order valence-electron chi connectivity index (χ2n) is 8.04. The van der Waals surface area contributed by atoms with Gasteiger partial charge in [-0.1, -0.05) is 6.92 Å². The number of nitrogens with zero attached hydrogens (tertiary/aromatic N) is 4. The minimum absolute atomic E-state index is 0.151. The Morgan fingerprint density at radius 1 is 1.20 bits per heavy atom. The van der Waals surface area contributed by atoms with Gasteiger partial charge in [0.2, 0.25) is 11.8 Å². The topological polar surface area (TPSA) is 58.4 Å². The molecule has 0 bridgehead atoms. The predicted octanol–water partition coefficient (Wildman–Crippen LogP) is 2.12. The molecule has 4 atom stereocenters. The van der Waals surface area contributed by atoms with Gasteiger partial charge in [0.05, 0.1) is 17.7 Å². The number of hydrogen-bond donors (Lipinski definition) is 0. The number of hydrogen-bond acceptors (Lipinski definition) is 3. The highest BCUT2D eigenvalue weighted by Crippen LogP contribution is 2.44. The summed E-state index contributed by atoms with van der Waals surface area (Å²) in [5.74, 6) is 0.812. The van der Waals surface area contributed by atoms with Gasteiger partial charge >= 0.3 is 0 Å². The minimum Gasteiger partial charge on any atom is -0.339 e. The summed E-state index contributed by atoms with van der Waals surface area (Å²) in [7, 11) is 1.90. The van der Waals surface area contributed by atoms with Gasteiger partial charge < -0.3 is 9.80 Å². The summed E-state index contributed by atoms with van der Waals surface area (Å²) < 4.78 is 1.83. The number of amides is 2. The summed E-state index contributed by atoms with van der Waals surface area (Å²) in [5.41, 5.74) is 0.984. The SMILES string of the molecule is CC1CCN(C(=O)C2CCC(=O)N(C3CC3)C2c2ccnn2C)C1C. The third-order valence-electron chi connectivity index (χ3n) is 6.48. The number of piperidine rings is 1. The molecule has 136 valence electrons. The highest BCUT2D eigenvalue weighted by atomic mass is 16.2. The average molecular weight is 344 g/mol. The molecular weight excluding hydrogens is 316 g/mol. The molecule has 2 amide bonds. The van der Waals surface area contributed by atoms with Crippen molar-refractivity contribution in [2.45, 2.75) is 64.1 Å². The van der Waals surface area contributed by atoms with Crippen molar-refractivity contribution in [3.8, 4) is 0 Å². The second kappa shape index (κ2) is 6.15. The van der Waals surface area contributed by atoms with E-state index in [9.17, 15) is 9.59 Å². The number of aromatic nitrogens is 2. The van der Waals surface area contributed by atoms with Gasteiger partial charge in [-0.3, -0.25) is 14.3 Å². The number of carbonyl (C=O) groups is 2. The molecule has 2 aliphatic heterocycles. The molecule has 1 aromatic heterocycles. The summed E-state index contributed by atoms with van der Waals surface area (Å²) in [6.07, 6.45) is 6.08. The van der Waals surface area contributed by atoms with Crippen molar-refractivity contribution in [1.82, 2.24) is 19.6 Å². The van der Waals surface area contributed by atoms with Crippen LogP contribution in [0.1, 0.15) is 57.7 Å². The van der Waals surface area contributed by atoms with Crippen LogP contribution in [0.3, 0.4) is 0 Å². The zero-order valence-corrected chi connectivity index (χ0v) is 15.4. The lowest BCUT2D eigenvalue weighted by molar-refractivity contribution is -0.149. The Morgan fingerprint density at radius 3 is 2.52 bits per heavy atom. The van der Waals surface area contributed by atoms with Crippen LogP contribution in [-0.4, -0.2) is 50.0 Å². The van der Waals surface area contributed by atoms with Gasteiger partial charge in [-0.25, -0.2) is 0 Å². The van der Waals surface area contributed by atoms with Crippen LogP contribution in [0.2, 0.25) is 0 Å². The fourth-order valence-corrected chi connectivity index (χ4v) is 4.60. The average Bonchev–Trinajstić information content (AvgIpc) is 3.25. The largest absolute Gasteiger partial charge is 0.339 e. The zero-order chi connectivity index (χ0) is 17.7. The maximum atomic E-state index is 13.4. The predicted molar refractivity (Wildman–Crippen MR) is 93.5 cm³/mol. The van der Waals surface area contributed by atoms with E-state index in [2.05, 4.69) is 23.8 Å². The first-order chi connectivity index (χ1) is 12.0. The molecular formula is C19H28N4O2. The Labute approximate surface area is 149 Å². The lowest BCUT2D eigenvalue weighted by Gasteiger charge is -2.42.